The molecule has 2 aliphatic rings. The topological polar surface area (TPSA) is 83.2 Å². The maximum atomic E-state index is 13.1. The summed E-state index contributed by atoms with van der Waals surface area (Å²) in [5.74, 6) is 0.448. The Kier molecular flexibility index (Phi) is 5.67. The predicted molar refractivity (Wildman–Crippen MR) is 94.7 cm³/mol. The fraction of sp³-hybridized carbons (Fsp3) is 0.684. The molecule has 2 saturated heterocycles. The van der Waals surface area contributed by atoms with Crippen LogP contribution in [0.4, 0.5) is 0 Å². The molecule has 0 radical (unpaired) electrons. The van der Waals surface area contributed by atoms with Gasteiger partial charge in [-0.05, 0) is 39.2 Å². The number of hydrogen-bond acceptors (Lipinski definition) is 5. The molecule has 0 spiro atoms. The first-order valence-corrected chi connectivity index (χ1v) is 9.34. The number of ether oxygens (including phenoxy) is 1. The molecule has 2 fully saturated rings. The van der Waals surface area contributed by atoms with Gasteiger partial charge in [-0.15, -0.1) is 0 Å². The van der Waals surface area contributed by atoms with Gasteiger partial charge in [0.25, 0.3) is 5.91 Å². The normalized spacial score (nSPS) is 25.9. The quantitative estimate of drug-likeness (QED) is 0.855. The SMILES string of the molecule is CCOCC(=O)N1CC[C@@]2(CO)CCCN(C(=O)c3ccoc3C)[C@@H]2C1. The fourth-order valence-corrected chi connectivity index (χ4v) is 4.27. The highest BCUT2D eigenvalue weighted by Gasteiger charge is 2.50. The number of amides is 2. The van der Waals surface area contributed by atoms with Crippen molar-refractivity contribution in [3.8, 4) is 0 Å². The van der Waals surface area contributed by atoms with Gasteiger partial charge in [-0.2, -0.15) is 0 Å². The van der Waals surface area contributed by atoms with Crippen molar-refractivity contribution >= 4 is 11.8 Å². The first kappa shape index (κ1) is 18.9. The van der Waals surface area contributed by atoms with E-state index >= 15 is 0 Å². The maximum Gasteiger partial charge on any atom is 0.257 e. The molecule has 7 heteroatoms. The Morgan fingerprint density at radius 2 is 2.19 bits per heavy atom. The van der Waals surface area contributed by atoms with Crippen LogP contribution in [0.15, 0.2) is 16.7 Å². The number of aliphatic hydroxyl groups is 1. The van der Waals surface area contributed by atoms with E-state index in [-0.39, 0.29) is 36.5 Å². The van der Waals surface area contributed by atoms with Gasteiger partial charge >= 0.3 is 0 Å². The van der Waals surface area contributed by atoms with Gasteiger partial charge in [-0.1, -0.05) is 0 Å². The highest BCUT2D eigenvalue weighted by molar-refractivity contribution is 5.95. The van der Waals surface area contributed by atoms with Crippen LogP contribution in [-0.4, -0.2) is 72.2 Å². The molecule has 2 amide bonds. The van der Waals surface area contributed by atoms with Crippen molar-refractivity contribution in [2.45, 2.75) is 39.2 Å². The standard InChI is InChI=1S/C19H28N2O5/c1-3-25-12-17(23)20-9-7-19(13-22)6-4-8-21(16(19)11-20)18(24)15-5-10-26-14(15)2/h5,10,16,22H,3-4,6-9,11-13H2,1-2H3/t16-,19-/m1/s1. The number of hydrogen-bond donors (Lipinski definition) is 1. The third-order valence-electron chi connectivity index (χ3n) is 5.88. The molecule has 3 rings (SSSR count). The Bertz CT molecular complexity index is 658. The highest BCUT2D eigenvalue weighted by Crippen LogP contribution is 2.42. The lowest BCUT2D eigenvalue weighted by Crippen LogP contribution is -2.64. The van der Waals surface area contributed by atoms with Gasteiger partial charge < -0.3 is 24.1 Å². The molecular weight excluding hydrogens is 336 g/mol. The molecule has 1 aromatic heterocycles. The van der Waals surface area contributed by atoms with E-state index in [1.54, 1.807) is 17.9 Å². The van der Waals surface area contributed by atoms with Crippen LogP contribution in [0.25, 0.3) is 0 Å². The summed E-state index contributed by atoms with van der Waals surface area (Å²) in [6, 6.07) is 1.50. The first-order chi connectivity index (χ1) is 12.5. The summed E-state index contributed by atoms with van der Waals surface area (Å²) in [6.45, 7) is 5.87. The number of aliphatic hydroxyl groups excluding tert-OH is 1. The smallest absolute Gasteiger partial charge is 0.257 e. The molecule has 144 valence electrons. The van der Waals surface area contributed by atoms with E-state index in [0.29, 0.717) is 44.0 Å². The second-order valence-corrected chi connectivity index (χ2v) is 7.26. The summed E-state index contributed by atoms with van der Waals surface area (Å²) < 4.78 is 10.5. The van der Waals surface area contributed by atoms with E-state index < -0.39 is 0 Å². The van der Waals surface area contributed by atoms with Crippen LogP contribution in [0.3, 0.4) is 0 Å². The van der Waals surface area contributed by atoms with Crippen LogP contribution >= 0.6 is 0 Å². The Morgan fingerprint density at radius 1 is 1.38 bits per heavy atom. The number of nitrogens with zero attached hydrogens (tertiary/aromatic N) is 2. The molecule has 26 heavy (non-hydrogen) atoms. The Balaban J connectivity index is 1.83. The molecule has 0 bridgehead atoms. The summed E-state index contributed by atoms with van der Waals surface area (Å²) in [5, 5.41) is 10.1. The molecular formula is C19H28N2O5. The lowest BCUT2D eigenvalue weighted by molar-refractivity contribution is -0.143. The van der Waals surface area contributed by atoms with Crippen LogP contribution in [-0.2, 0) is 9.53 Å². The molecule has 2 atom stereocenters. The van der Waals surface area contributed by atoms with Crippen LogP contribution in [0.1, 0.15) is 42.3 Å². The van der Waals surface area contributed by atoms with Crippen LogP contribution in [0, 0.1) is 12.3 Å². The van der Waals surface area contributed by atoms with Gasteiger partial charge in [0.2, 0.25) is 5.91 Å². The van der Waals surface area contributed by atoms with Gasteiger partial charge in [0, 0.05) is 31.7 Å². The lowest BCUT2D eigenvalue weighted by atomic mass is 9.68. The second kappa shape index (κ2) is 7.80. The maximum absolute atomic E-state index is 13.1. The third-order valence-corrected chi connectivity index (χ3v) is 5.88. The molecule has 0 unspecified atom stereocenters. The molecule has 1 N–H and O–H groups in total. The van der Waals surface area contributed by atoms with Crippen molar-refractivity contribution in [1.29, 1.82) is 0 Å². The van der Waals surface area contributed by atoms with Crippen LogP contribution < -0.4 is 0 Å². The summed E-state index contributed by atoms with van der Waals surface area (Å²) in [4.78, 5) is 29.1. The van der Waals surface area contributed by atoms with E-state index in [1.807, 2.05) is 11.8 Å². The van der Waals surface area contributed by atoms with Crippen molar-refractivity contribution < 1.29 is 23.8 Å². The van der Waals surface area contributed by atoms with E-state index in [0.717, 1.165) is 12.8 Å². The molecule has 7 nitrogen and oxygen atoms in total. The number of carbonyl (C=O) groups is 2. The summed E-state index contributed by atoms with van der Waals surface area (Å²) in [6.07, 6.45) is 3.94. The number of aryl methyl sites for hydroxylation is 1. The minimum absolute atomic E-state index is 0.0271. The summed E-state index contributed by atoms with van der Waals surface area (Å²) in [7, 11) is 0. The Labute approximate surface area is 153 Å². The second-order valence-electron chi connectivity index (χ2n) is 7.26. The monoisotopic (exact) mass is 364 g/mol. The molecule has 0 aromatic carbocycles. The van der Waals surface area contributed by atoms with Crippen molar-refractivity contribution in [1.82, 2.24) is 9.80 Å². The third kappa shape index (κ3) is 3.38. The zero-order valence-electron chi connectivity index (χ0n) is 15.6. The number of furan rings is 1. The Hall–Kier alpha value is -1.86. The van der Waals surface area contributed by atoms with E-state index in [2.05, 4.69) is 0 Å². The minimum Gasteiger partial charge on any atom is -0.469 e. The van der Waals surface area contributed by atoms with Gasteiger partial charge in [0.05, 0.1) is 24.5 Å². The number of carbonyl (C=O) groups excluding carboxylic acids is 2. The molecule has 2 aliphatic heterocycles. The number of likely N-dealkylation sites (tertiary alicyclic amines) is 2. The van der Waals surface area contributed by atoms with Gasteiger partial charge in [0.1, 0.15) is 12.4 Å². The zero-order valence-corrected chi connectivity index (χ0v) is 15.6. The predicted octanol–water partition coefficient (Wildman–Crippen LogP) is 1.44. The molecule has 0 aliphatic carbocycles. The molecule has 3 heterocycles. The van der Waals surface area contributed by atoms with Crippen molar-refractivity contribution in [3.63, 3.8) is 0 Å². The largest absolute Gasteiger partial charge is 0.469 e. The van der Waals surface area contributed by atoms with Crippen molar-refractivity contribution in [2.24, 2.45) is 5.41 Å². The lowest BCUT2D eigenvalue weighted by Gasteiger charge is -2.54. The minimum atomic E-state index is -0.339. The van der Waals surface area contributed by atoms with Gasteiger partial charge in [-0.25, -0.2) is 0 Å². The van der Waals surface area contributed by atoms with E-state index in [4.69, 9.17) is 9.15 Å². The van der Waals surface area contributed by atoms with Gasteiger partial charge in [0.15, 0.2) is 0 Å². The van der Waals surface area contributed by atoms with Crippen molar-refractivity contribution in [3.05, 3.63) is 23.7 Å². The zero-order chi connectivity index (χ0) is 18.7. The van der Waals surface area contributed by atoms with Gasteiger partial charge in [-0.3, -0.25) is 9.59 Å². The molecule has 0 saturated carbocycles. The van der Waals surface area contributed by atoms with E-state index in [1.165, 1.54) is 6.26 Å². The average molecular weight is 364 g/mol. The average Bonchev–Trinajstić information content (AvgIpc) is 3.10. The summed E-state index contributed by atoms with van der Waals surface area (Å²) >= 11 is 0. The molecule has 1 aromatic rings. The number of piperidine rings is 2. The highest BCUT2D eigenvalue weighted by atomic mass is 16.5. The Morgan fingerprint density at radius 3 is 2.85 bits per heavy atom. The number of fused-ring (bicyclic) bond motifs is 1. The van der Waals surface area contributed by atoms with Crippen LogP contribution in [0.5, 0.6) is 0 Å². The fourth-order valence-electron chi connectivity index (χ4n) is 4.27. The van der Waals surface area contributed by atoms with E-state index in [9.17, 15) is 14.7 Å². The van der Waals surface area contributed by atoms with Crippen LogP contribution in [0.2, 0.25) is 0 Å². The number of rotatable bonds is 5. The summed E-state index contributed by atoms with van der Waals surface area (Å²) in [5.41, 5.74) is 0.213. The first-order valence-electron chi connectivity index (χ1n) is 9.34. The van der Waals surface area contributed by atoms with Crippen molar-refractivity contribution in [2.75, 3.05) is 39.5 Å².